The number of carboxylic acid groups (broad SMARTS) is 1. The average molecular weight is 460 g/mol. The van der Waals surface area contributed by atoms with Gasteiger partial charge in [0.25, 0.3) is 5.91 Å². The standard InChI is InChI=1S/C27H26FN3O3/c1-16-25(22-14-19(28)9-12-23(22)31(16)15-24(32)33)17-7-10-20(11-8-17)30-27(34)21-6-2-4-18-5-3-13-29-26(18)21/h2-6,9,12-14,17,20H,7-8,10-11,15H2,1H3,(H,30,34)(H,32,33). The van der Waals surface area contributed by atoms with Crippen LogP contribution in [0.1, 0.15) is 53.2 Å². The average Bonchev–Trinajstić information content (AvgIpc) is 3.09. The highest BCUT2D eigenvalue weighted by Gasteiger charge is 2.29. The van der Waals surface area contributed by atoms with Crippen LogP contribution in [0.25, 0.3) is 21.8 Å². The first-order valence-corrected chi connectivity index (χ1v) is 11.6. The number of aliphatic carboxylic acids is 1. The summed E-state index contributed by atoms with van der Waals surface area (Å²) in [4.78, 5) is 28.8. The second-order valence-corrected chi connectivity index (χ2v) is 9.04. The van der Waals surface area contributed by atoms with Gasteiger partial charge in [-0.3, -0.25) is 14.6 Å². The molecule has 2 aromatic heterocycles. The number of carbonyl (C=O) groups excluding carboxylic acids is 1. The monoisotopic (exact) mass is 459 g/mol. The van der Waals surface area contributed by atoms with Crippen LogP contribution in [0.3, 0.4) is 0 Å². The predicted molar refractivity (Wildman–Crippen MR) is 128 cm³/mol. The molecule has 174 valence electrons. The molecule has 0 unspecified atom stereocenters. The summed E-state index contributed by atoms with van der Waals surface area (Å²) in [7, 11) is 0. The van der Waals surface area contributed by atoms with Crippen LogP contribution in [0, 0.1) is 12.7 Å². The lowest BCUT2D eigenvalue weighted by Crippen LogP contribution is -2.37. The molecule has 5 rings (SSSR count). The first kappa shape index (κ1) is 22.1. The van der Waals surface area contributed by atoms with Gasteiger partial charge in [0.15, 0.2) is 0 Å². The van der Waals surface area contributed by atoms with Gasteiger partial charge in [0.1, 0.15) is 12.4 Å². The Morgan fingerprint density at radius 2 is 1.88 bits per heavy atom. The fourth-order valence-corrected chi connectivity index (χ4v) is 5.41. The number of halogens is 1. The minimum absolute atomic E-state index is 0.0483. The van der Waals surface area contributed by atoms with Crippen molar-refractivity contribution in [1.29, 1.82) is 0 Å². The van der Waals surface area contributed by atoms with Gasteiger partial charge in [-0.15, -0.1) is 0 Å². The molecule has 7 heteroatoms. The van der Waals surface area contributed by atoms with Crippen LogP contribution < -0.4 is 5.32 Å². The highest BCUT2D eigenvalue weighted by atomic mass is 19.1. The molecule has 6 nitrogen and oxygen atoms in total. The molecule has 0 saturated heterocycles. The van der Waals surface area contributed by atoms with Crippen molar-refractivity contribution >= 4 is 33.7 Å². The molecule has 1 fully saturated rings. The Hall–Kier alpha value is -3.74. The van der Waals surface area contributed by atoms with Gasteiger partial charge in [-0.05, 0) is 74.4 Å². The van der Waals surface area contributed by atoms with E-state index < -0.39 is 5.97 Å². The number of rotatable bonds is 5. The molecule has 34 heavy (non-hydrogen) atoms. The number of amides is 1. The summed E-state index contributed by atoms with van der Waals surface area (Å²) < 4.78 is 15.8. The highest BCUT2D eigenvalue weighted by Crippen LogP contribution is 2.40. The summed E-state index contributed by atoms with van der Waals surface area (Å²) in [5.41, 5.74) is 3.91. The minimum Gasteiger partial charge on any atom is -0.480 e. The van der Waals surface area contributed by atoms with Crippen LogP contribution in [0.4, 0.5) is 4.39 Å². The Morgan fingerprint density at radius 1 is 1.12 bits per heavy atom. The van der Waals surface area contributed by atoms with Gasteiger partial charge >= 0.3 is 5.97 Å². The van der Waals surface area contributed by atoms with Gasteiger partial charge in [0, 0.05) is 34.2 Å². The van der Waals surface area contributed by atoms with E-state index in [1.54, 1.807) is 22.9 Å². The van der Waals surface area contributed by atoms with Crippen LogP contribution in [0.15, 0.2) is 54.7 Å². The Bertz CT molecular complexity index is 1400. The molecular formula is C27H26FN3O3. The van der Waals surface area contributed by atoms with E-state index in [0.29, 0.717) is 11.1 Å². The molecular weight excluding hydrogens is 433 g/mol. The lowest BCUT2D eigenvalue weighted by atomic mass is 9.80. The Morgan fingerprint density at radius 3 is 2.65 bits per heavy atom. The summed E-state index contributed by atoms with van der Waals surface area (Å²) in [5.74, 6) is -1.19. The molecule has 1 amide bonds. The fourth-order valence-electron chi connectivity index (χ4n) is 5.41. The van der Waals surface area contributed by atoms with Gasteiger partial charge in [-0.2, -0.15) is 0 Å². The molecule has 0 atom stereocenters. The van der Waals surface area contributed by atoms with Crippen molar-refractivity contribution in [3.05, 3.63) is 77.4 Å². The third-order valence-corrected chi connectivity index (χ3v) is 6.98. The summed E-state index contributed by atoms with van der Waals surface area (Å²) in [6.07, 6.45) is 4.96. The normalized spacial score (nSPS) is 18.3. The number of pyridine rings is 1. The number of carbonyl (C=O) groups is 2. The number of hydrogen-bond donors (Lipinski definition) is 2. The van der Waals surface area contributed by atoms with Crippen molar-refractivity contribution < 1.29 is 19.1 Å². The maximum atomic E-state index is 14.1. The van der Waals surface area contributed by atoms with E-state index >= 15 is 0 Å². The molecule has 0 bridgehead atoms. The first-order chi connectivity index (χ1) is 16.4. The van der Waals surface area contributed by atoms with E-state index in [1.165, 1.54) is 12.1 Å². The molecule has 0 radical (unpaired) electrons. The topological polar surface area (TPSA) is 84.2 Å². The van der Waals surface area contributed by atoms with Gasteiger partial charge in [-0.1, -0.05) is 18.2 Å². The number of benzene rings is 2. The quantitative estimate of drug-likeness (QED) is 0.431. The second-order valence-electron chi connectivity index (χ2n) is 9.04. The molecule has 4 aromatic rings. The molecule has 2 heterocycles. The number of hydrogen-bond acceptors (Lipinski definition) is 3. The van der Waals surface area contributed by atoms with Crippen molar-refractivity contribution in [3.8, 4) is 0 Å². The Balaban J connectivity index is 1.34. The van der Waals surface area contributed by atoms with Gasteiger partial charge in [0.05, 0.1) is 11.1 Å². The number of para-hydroxylation sites is 1. The zero-order valence-electron chi connectivity index (χ0n) is 18.9. The summed E-state index contributed by atoms with van der Waals surface area (Å²) in [6, 6.07) is 14.0. The highest BCUT2D eigenvalue weighted by molar-refractivity contribution is 6.05. The Kier molecular flexibility index (Phi) is 5.77. The molecule has 0 aliphatic heterocycles. The van der Waals surface area contributed by atoms with Crippen molar-refractivity contribution in [2.75, 3.05) is 0 Å². The third kappa shape index (κ3) is 4.02. The van der Waals surface area contributed by atoms with E-state index in [-0.39, 0.29) is 30.2 Å². The van der Waals surface area contributed by atoms with Crippen molar-refractivity contribution in [2.24, 2.45) is 0 Å². The SMILES string of the molecule is Cc1c(C2CCC(NC(=O)c3cccc4cccnc34)CC2)c2cc(F)ccc2n1CC(=O)O. The zero-order chi connectivity index (χ0) is 23.8. The number of nitrogens with zero attached hydrogens (tertiary/aromatic N) is 2. The van der Waals surface area contributed by atoms with E-state index in [2.05, 4.69) is 10.3 Å². The third-order valence-electron chi connectivity index (χ3n) is 6.98. The maximum absolute atomic E-state index is 14.1. The number of nitrogens with one attached hydrogen (secondary N) is 1. The van der Waals surface area contributed by atoms with Crippen LogP contribution in [-0.2, 0) is 11.3 Å². The van der Waals surface area contributed by atoms with Gasteiger partial charge in [-0.25, -0.2) is 4.39 Å². The van der Waals surface area contributed by atoms with E-state index in [1.807, 2.05) is 31.2 Å². The van der Waals surface area contributed by atoms with E-state index in [0.717, 1.165) is 53.2 Å². The van der Waals surface area contributed by atoms with Crippen LogP contribution >= 0.6 is 0 Å². The summed E-state index contributed by atoms with van der Waals surface area (Å²) in [5, 5.41) is 14.2. The first-order valence-electron chi connectivity index (χ1n) is 11.6. The molecule has 1 aliphatic carbocycles. The lowest BCUT2D eigenvalue weighted by Gasteiger charge is -2.30. The predicted octanol–water partition coefficient (Wildman–Crippen LogP) is 5.18. The van der Waals surface area contributed by atoms with E-state index in [4.69, 9.17) is 0 Å². The number of carboxylic acids is 1. The van der Waals surface area contributed by atoms with Crippen LogP contribution in [0.2, 0.25) is 0 Å². The molecule has 1 aliphatic rings. The van der Waals surface area contributed by atoms with Gasteiger partial charge in [0.2, 0.25) is 0 Å². The zero-order valence-corrected chi connectivity index (χ0v) is 18.9. The summed E-state index contributed by atoms with van der Waals surface area (Å²) >= 11 is 0. The largest absolute Gasteiger partial charge is 0.480 e. The minimum atomic E-state index is -0.926. The van der Waals surface area contributed by atoms with Crippen LogP contribution in [-0.4, -0.2) is 32.6 Å². The van der Waals surface area contributed by atoms with Crippen molar-refractivity contribution in [3.63, 3.8) is 0 Å². The Labute approximate surface area is 196 Å². The smallest absolute Gasteiger partial charge is 0.323 e. The van der Waals surface area contributed by atoms with Crippen molar-refractivity contribution in [1.82, 2.24) is 14.9 Å². The van der Waals surface area contributed by atoms with Crippen molar-refractivity contribution in [2.45, 2.75) is 51.1 Å². The molecule has 2 aromatic carbocycles. The van der Waals surface area contributed by atoms with E-state index in [9.17, 15) is 19.1 Å². The lowest BCUT2D eigenvalue weighted by molar-refractivity contribution is -0.137. The molecule has 0 spiro atoms. The number of aromatic nitrogens is 2. The number of fused-ring (bicyclic) bond motifs is 2. The van der Waals surface area contributed by atoms with Crippen LogP contribution in [0.5, 0.6) is 0 Å². The second kappa shape index (κ2) is 8.89. The summed E-state index contributed by atoms with van der Waals surface area (Å²) in [6.45, 7) is 1.76. The molecule has 2 N–H and O–H groups in total. The maximum Gasteiger partial charge on any atom is 0.323 e. The molecule has 1 saturated carbocycles. The fraction of sp³-hybridized carbons (Fsp3) is 0.296. The van der Waals surface area contributed by atoms with Gasteiger partial charge < -0.3 is 15.0 Å².